The molecule has 2 aromatic heterocycles. The number of ketones is 1. The lowest BCUT2D eigenvalue weighted by molar-refractivity contribution is -0.191. The Morgan fingerprint density at radius 1 is 0.892 bits per heavy atom. The number of rotatable bonds is 4. The minimum absolute atomic E-state index is 0. The Labute approximate surface area is 225 Å². The number of pyridine rings is 2. The Kier molecular flexibility index (Phi) is 18.0. The molecule has 206 valence electrons. The molecule has 2 fully saturated rings. The van der Waals surface area contributed by atoms with E-state index in [0.29, 0.717) is 29.7 Å². The first-order chi connectivity index (χ1) is 17.4. The van der Waals surface area contributed by atoms with Crippen molar-refractivity contribution >= 4 is 46.8 Å². The molecule has 4 rings (SSSR count). The maximum atomic E-state index is 11.5. The Balaban J connectivity index is 0.000000590. The summed E-state index contributed by atoms with van der Waals surface area (Å²) in [7, 11) is 0. The van der Waals surface area contributed by atoms with E-state index in [-0.39, 0.29) is 24.0 Å². The Morgan fingerprint density at radius 2 is 1.30 bits per heavy atom. The number of nitrogens with two attached hydrogens (primary N) is 3. The van der Waals surface area contributed by atoms with Gasteiger partial charge in [0, 0.05) is 41.9 Å². The fraction of sp³-hybridized carbons (Fsp3) is 0.455. The van der Waals surface area contributed by atoms with Gasteiger partial charge in [-0.05, 0) is 31.2 Å². The quantitative estimate of drug-likeness (QED) is 0.255. The van der Waals surface area contributed by atoms with E-state index in [1.165, 1.54) is 0 Å². The third-order valence-electron chi connectivity index (χ3n) is 4.82. The Hall–Kier alpha value is -2.71. The highest BCUT2D eigenvalue weighted by molar-refractivity contribution is 6.31. The number of hydrazine groups is 1. The van der Waals surface area contributed by atoms with Crippen molar-refractivity contribution in [2.75, 3.05) is 69.0 Å². The van der Waals surface area contributed by atoms with Crippen molar-refractivity contribution in [1.82, 2.24) is 9.97 Å². The monoisotopic (exact) mass is 561 g/mol. The van der Waals surface area contributed by atoms with Crippen LogP contribution in [0.25, 0.3) is 0 Å². The van der Waals surface area contributed by atoms with Crippen LogP contribution in [0.3, 0.4) is 0 Å². The van der Waals surface area contributed by atoms with Gasteiger partial charge >= 0.3 is 6.15 Å². The summed E-state index contributed by atoms with van der Waals surface area (Å²) in [6.07, 6.45) is 0.250. The predicted octanol–water partition coefficient (Wildman–Crippen LogP) is 0.00362. The molecule has 0 unspecified atom stereocenters. The van der Waals surface area contributed by atoms with Gasteiger partial charge in [0.15, 0.2) is 5.78 Å². The molecule has 0 spiro atoms. The number of aromatic nitrogens is 2. The molecule has 0 aliphatic carbocycles. The molecule has 2 saturated heterocycles. The molecule has 0 radical (unpaired) electrons. The maximum absolute atomic E-state index is 11.5. The van der Waals surface area contributed by atoms with Crippen LogP contribution in [0.5, 0.6) is 0 Å². The fourth-order valence-electron chi connectivity index (χ4n) is 3.25. The third-order valence-corrected chi connectivity index (χ3v) is 5.26. The van der Waals surface area contributed by atoms with Crippen LogP contribution < -0.4 is 27.2 Å². The summed E-state index contributed by atoms with van der Waals surface area (Å²) in [6, 6.07) is 7.06. The number of hydrogen-bond donors (Lipinski definition) is 3. The first-order valence-corrected chi connectivity index (χ1v) is 11.7. The zero-order chi connectivity index (χ0) is 26.9. The van der Waals surface area contributed by atoms with Crippen molar-refractivity contribution in [2.45, 2.75) is 6.92 Å². The average Bonchev–Trinajstić information content (AvgIpc) is 2.90. The number of morpholine rings is 2. The van der Waals surface area contributed by atoms with Crippen LogP contribution in [0, 0.1) is 6.92 Å². The Morgan fingerprint density at radius 3 is 1.70 bits per heavy atom. The molecule has 37 heavy (non-hydrogen) atoms. The summed E-state index contributed by atoms with van der Waals surface area (Å²) < 4.78 is 10.5. The second-order valence-corrected chi connectivity index (χ2v) is 8.10. The molecule has 0 atom stereocenters. The van der Waals surface area contributed by atoms with Crippen LogP contribution in [0.4, 0.5) is 11.6 Å². The lowest BCUT2D eigenvalue weighted by Crippen LogP contribution is -2.37. The first-order valence-electron chi connectivity index (χ1n) is 10.9. The number of nitrogens with zero attached hydrogens (tertiary/aromatic N) is 4. The van der Waals surface area contributed by atoms with Gasteiger partial charge < -0.3 is 30.5 Å². The smallest absolute Gasteiger partial charge is 0.373 e. The number of anilines is 2. The molecule has 2 aromatic rings. The number of hydrogen-bond acceptors (Lipinski definition) is 12. The van der Waals surface area contributed by atoms with Gasteiger partial charge in [-0.15, -0.1) is 0 Å². The molecule has 0 aromatic carbocycles. The average molecular weight is 562 g/mol. The summed E-state index contributed by atoms with van der Waals surface area (Å²) in [5.41, 5.74) is 6.59. The van der Waals surface area contributed by atoms with Crippen molar-refractivity contribution in [2.24, 2.45) is 17.4 Å². The molecule has 15 heteroatoms. The second-order valence-electron chi connectivity index (χ2n) is 7.22. The van der Waals surface area contributed by atoms with Crippen molar-refractivity contribution < 1.29 is 29.3 Å². The summed E-state index contributed by atoms with van der Waals surface area (Å²) in [4.78, 5) is 40.7. The SMILES string of the molecule is Cc1cc(Cl)cc(N2CCOCC2)n1.NCC(=O)c1cc(Cl)cc(N2CCOCC2)n1.NN.O.O=C=O. The van der Waals surface area contributed by atoms with Crippen LogP contribution in [0.1, 0.15) is 16.2 Å². The Bertz CT molecular complexity index is 964. The molecule has 4 heterocycles. The van der Waals surface area contributed by atoms with Crippen molar-refractivity contribution in [3.63, 3.8) is 0 Å². The van der Waals surface area contributed by atoms with E-state index in [1.54, 1.807) is 12.1 Å². The van der Waals surface area contributed by atoms with Gasteiger partial charge in [-0.25, -0.2) is 9.97 Å². The van der Waals surface area contributed by atoms with E-state index in [2.05, 4.69) is 26.6 Å². The normalized spacial score (nSPS) is 14.2. The highest BCUT2D eigenvalue weighted by Gasteiger charge is 2.16. The van der Waals surface area contributed by atoms with Gasteiger partial charge in [0.05, 0.1) is 33.0 Å². The molecule has 0 bridgehead atoms. The molecule has 2 aliphatic rings. The molecule has 0 saturated carbocycles. The van der Waals surface area contributed by atoms with Crippen LogP contribution in [-0.4, -0.2) is 86.5 Å². The zero-order valence-corrected chi connectivity index (χ0v) is 22.0. The van der Waals surface area contributed by atoms with Gasteiger partial charge in [0.25, 0.3) is 0 Å². The van der Waals surface area contributed by atoms with E-state index in [4.69, 9.17) is 48.0 Å². The number of ether oxygens (including phenoxy) is 2. The standard InChI is InChI=1S/C11H14ClN3O2.C10H13ClN2O.CO2.H4N2.H2O/c12-8-5-9(10(16)7-13)14-11(6-8)15-1-3-17-4-2-15;1-8-6-9(11)7-10(12-8)13-2-4-14-5-3-13;2-1-3;1-2;/h5-6H,1-4,7,13H2;6-7H,2-5H2,1H3;;1-2H2;1H2. The fourth-order valence-corrected chi connectivity index (χ4v) is 3.71. The minimum atomic E-state index is -0.206. The van der Waals surface area contributed by atoms with Crippen molar-refractivity contribution in [1.29, 1.82) is 0 Å². The first kappa shape index (κ1) is 34.3. The van der Waals surface area contributed by atoms with Crippen molar-refractivity contribution in [3.8, 4) is 0 Å². The molecule has 13 nitrogen and oxygen atoms in total. The van der Waals surface area contributed by atoms with Gasteiger partial charge in [0.2, 0.25) is 0 Å². The topological polar surface area (TPSA) is 211 Å². The molecular weight excluding hydrogens is 529 g/mol. The number of aryl methyl sites for hydroxylation is 1. The summed E-state index contributed by atoms with van der Waals surface area (Å²) in [5.74, 6) is 9.46. The summed E-state index contributed by atoms with van der Waals surface area (Å²) >= 11 is 12.0. The van der Waals surface area contributed by atoms with E-state index >= 15 is 0 Å². The van der Waals surface area contributed by atoms with Crippen LogP contribution in [-0.2, 0) is 19.1 Å². The number of Topliss-reactive ketones (excluding diaryl/α,β-unsaturated/α-hetero) is 1. The van der Waals surface area contributed by atoms with Gasteiger partial charge in [-0.1, -0.05) is 23.2 Å². The predicted molar refractivity (Wildman–Crippen MR) is 140 cm³/mol. The van der Waals surface area contributed by atoms with Gasteiger partial charge in [-0.3, -0.25) is 16.5 Å². The second kappa shape index (κ2) is 19.4. The largest absolute Gasteiger partial charge is 0.412 e. The van der Waals surface area contributed by atoms with E-state index in [0.717, 1.165) is 55.9 Å². The van der Waals surface area contributed by atoms with Crippen LogP contribution in [0.15, 0.2) is 24.3 Å². The highest BCUT2D eigenvalue weighted by atomic mass is 35.5. The van der Waals surface area contributed by atoms with Gasteiger partial charge in [-0.2, -0.15) is 9.59 Å². The van der Waals surface area contributed by atoms with E-state index in [9.17, 15) is 4.79 Å². The molecule has 2 aliphatic heterocycles. The van der Waals surface area contributed by atoms with Gasteiger partial charge in [0.1, 0.15) is 17.3 Å². The number of halogens is 2. The van der Waals surface area contributed by atoms with Crippen LogP contribution in [0.2, 0.25) is 10.0 Å². The lowest BCUT2D eigenvalue weighted by atomic mass is 10.2. The number of carbonyl (C=O) groups excluding carboxylic acids is 3. The minimum Gasteiger partial charge on any atom is -0.412 e. The summed E-state index contributed by atoms with van der Waals surface area (Å²) in [6.45, 7) is 8.06. The summed E-state index contributed by atoms with van der Waals surface area (Å²) in [5, 5.41) is 1.25. The van der Waals surface area contributed by atoms with E-state index < -0.39 is 0 Å². The van der Waals surface area contributed by atoms with Crippen LogP contribution >= 0.6 is 23.2 Å². The molecular formula is C22H33Cl2N7O6. The lowest BCUT2D eigenvalue weighted by Gasteiger charge is -2.28. The van der Waals surface area contributed by atoms with E-state index in [1.807, 2.05) is 24.0 Å². The third kappa shape index (κ3) is 12.4. The highest BCUT2D eigenvalue weighted by Crippen LogP contribution is 2.20. The molecule has 0 amide bonds. The maximum Gasteiger partial charge on any atom is 0.373 e. The van der Waals surface area contributed by atoms with Crippen molar-refractivity contribution in [3.05, 3.63) is 45.7 Å². The molecule has 8 N–H and O–H groups in total. The zero-order valence-electron chi connectivity index (χ0n) is 20.5. The number of carbonyl (C=O) groups is 1.